The number of carbonyl (C=O) groups is 1. The summed E-state index contributed by atoms with van der Waals surface area (Å²) in [4.78, 5) is 13.4. The molecule has 6 heteroatoms. The maximum Gasteiger partial charge on any atom is 0.263 e. The third-order valence-electron chi connectivity index (χ3n) is 3.40. The van der Waals surface area contributed by atoms with Crippen LogP contribution in [0.2, 0.25) is 0 Å². The van der Waals surface area contributed by atoms with Crippen molar-refractivity contribution in [1.82, 2.24) is 10.3 Å². The van der Waals surface area contributed by atoms with Gasteiger partial charge < -0.3 is 4.74 Å². The fraction of sp³-hybridized carbons (Fsp3) is 0.500. The number of rotatable bonds is 5. The predicted octanol–water partition coefficient (Wildman–Crippen LogP) is 0.795. The summed E-state index contributed by atoms with van der Waals surface area (Å²) >= 11 is 0. The Morgan fingerprint density at radius 2 is 2.35 bits per heavy atom. The molecule has 0 radical (unpaired) electrons. The number of amides is 1. The highest BCUT2D eigenvalue weighted by atomic mass is 19.1. The number of hydrogen-bond acceptors (Lipinski definition) is 4. The topological polar surface area (TPSA) is 67.6 Å². The molecule has 1 aliphatic heterocycles. The molecule has 1 heterocycles. The summed E-state index contributed by atoms with van der Waals surface area (Å²) in [6.07, 6.45) is 1.07. The SMILES string of the molecule is CN(Cc1cccc(F)c1)CC1CCC(C(=O)NN)O1. The predicted molar refractivity (Wildman–Crippen MR) is 73.0 cm³/mol. The van der Waals surface area contributed by atoms with E-state index in [1.165, 1.54) is 12.1 Å². The van der Waals surface area contributed by atoms with Crippen LogP contribution < -0.4 is 11.3 Å². The van der Waals surface area contributed by atoms with Gasteiger partial charge in [0, 0.05) is 13.1 Å². The van der Waals surface area contributed by atoms with Gasteiger partial charge in [-0.15, -0.1) is 0 Å². The zero-order chi connectivity index (χ0) is 14.5. The van der Waals surface area contributed by atoms with E-state index in [0.29, 0.717) is 19.5 Å². The lowest BCUT2D eigenvalue weighted by molar-refractivity contribution is -0.132. The molecule has 1 aliphatic rings. The van der Waals surface area contributed by atoms with Gasteiger partial charge in [0.2, 0.25) is 0 Å². The van der Waals surface area contributed by atoms with Gasteiger partial charge in [0.15, 0.2) is 0 Å². The van der Waals surface area contributed by atoms with Crippen LogP contribution in [0, 0.1) is 5.82 Å². The smallest absolute Gasteiger partial charge is 0.263 e. The van der Waals surface area contributed by atoms with Crippen molar-refractivity contribution in [2.75, 3.05) is 13.6 Å². The molecule has 0 bridgehead atoms. The second-order valence-corrected chi connectivity index (χ2v) is 5.16. The van der Waals surface area contributed by atoms with Crippen molar-refractivity contribution in [3.8, 4) is 0 Å². The van der Waals surface area contributed by atoms with Crippen LogP contribution in [-0.4, -0.2) is 36.6 Å². The Labute approximate surface area is 117 Å². The minimum Gasteiger partial charge on any atom is -0.364 e. The van der Waals surface area contributed by atoms with Gasteiger partial charge in [-0.25, -0.2) is 10.2 Å². The second-order valence-electron chi connectivity index (χ2n) is 5.16. The number of nitrogens with zero attached hydrogens (tertiary/aromatic N) is 1. The minimum atomic E-state index is -0.451. The van der Waals surface area contributed by atoms with Crippen molar-refractivity contribution < 1.29 is 13.9 Å². The van der Waals surface area contributed by atoms with Gasteiger partial charge in [0.1, 0.15) is 11.9 Å². The Bertz CT molecular complexity index is 469. The lowest BCUT2D eigenvalue weighted by atomic mass is 10.1. The molecule has 110 valence electrons. The second kappa shape index (κ2) is 6.78. The van der Waals surface area contributed by atoms with E-state index in [2.05, 4.69) is 10.3 Å². The average Bonchev–Trinajstić information content (AvgIpc) is 2.86. The summed E-state index contributed by atoms with van der Waals surface area (Å²) in [5.74, 6) is 4.58. The third kappa shape index (κ3) is 4.00. The van der Waals surface area contributed by atoms with Crippen LogP contribution in [0.1, 0.15) is 18.4 Å². The maximum atomic E-state index is 13.1. The van der Waals surface area contributed by atoms with E-state index in [-0.39, 0.29) is 17.8 Å². The van der Waals surface area contributed by atoms with Crippen LogP contribution in [0.15, 0.2) is 24.3 Å². The van der Waals surface area contributed by atoms with Crippen molar-refractivity contribution in [2.24, 2.45) is 5.84 Å². The Morgan fingerprint density at radius 3 is 3.05 bits per heavy atom. The summed E-state index contributed by atoms with van der Waals surface area (Å²) in [5, 5.41) is 0. The molecule has 20 heavy (non-hydrogen) atoms. The molecule has 2 unspecified atom stereocenters. The van der Waals surface area contributed by atoms with E-state index in [0.717, 1.165) is 12.0 Å². The summed E-state index contributed by atoms with van der Waals surface area (Å²) in [7, 11) is 1.95. The lowest BCUT2D eigenvalue weighted by Crippen LogP contribution is -2.39. The molecule has 3 N–H and O–H groups in total. The number of ether oxygens (including phenoxy) is 1. The van der Waals surface area contributed by atoms with E-state index < -0.39 is 6.10 Å². The number of nitrogens with one attached hydrogen (secondary N) is 1. The average molecular weight is 281 g/mol. The van der Waals surface area contributed by atoms with Crippen molar-refractivity contribution in [3.63, 3.8) is 0 Å². The van der Waals surface area contributed by atoms with Crippen molar-refractivity contribution in [3.05, 3.63) is 35.6 Å². The van der Waals surface area contributed by atoms with E-state index in [4.69, 9.17) is 10.6 Å². The molecule has 0 aromatic heterocycles. The quantitative estimate of drug-likeness (QED) is 0.476. The van der Waals surface area contributed by atoms with Gasteiger partial charge in [-0.1, -0.05) is 12.1 Å². The largest absolute Gasteiger partial charge is 0.364 e. The monoisotopic (exact) mass is 281 g/mol. The maximum absolute atomic E-state index is 13.1. The van der Waals surface area contributed by atoms with Crippen LogP contribution in [-0.2, 0) is 16.1 Å². The van der Waals surface area contributed by atoms with Crippen LogP contribution in [0.4, 0.5) is 4.39 Å². The van der Waals surface area contributed by atoms with E-state index >= 15 is 0 Å². The lowest BCUT2D eigenvalue weighted by Gasteiger charge is -2.21. The number of hydrazine groups is 1. The minimum absolute atomic E-state index is 0.0101. The molecule has 2 rings (SSSR count). The number of carbonyl (C=O) groups excluding carboxylic acids is 1. The summed E-state index contributed by atoms with van der Waals surface area (Å²) < 4.78 is 18.7. The highest BCUT2D eigenvalue weighted by Crippen LogP contribution is 2.20. The van der Waals surface area contributed by atoms with Crippen LogP contribution in [0.3, 0.4) is 0 Å². The van der Waals surface area contributed by atoms with Gasteiger partial charge in [-0.05, 0) is 37.6 Å². The Kier molecular flexibility index (Phi) is 5.05. The van der Waals surface area contributed by atoms with Crippen LogP contribution in [0.5, 0.6) is 0 Å². The van der Waals surface area contributed by atoms with E-state index in [1.54, 1.807) is 6.07 Å². The fourth-order valence-corrected chi connectivity index (χ4v) is 2.48. The first-order chi connectivity index (χ1) is 9.58. The number of halogens is 1. The van der Waals surface area contributed by atoms with Crippen molar-refractivity contribution in [2.45, 2.75) is 31.6 Å². The highest BCUT2D eigenvalue weighted by Gasteiger charge is 2.30. The molecular formula is C14H20FN3O2. The molecule has 1 aromatic rings. The van der Waals surface area contributed by atoms with Gasteiger partial charge in [0.25, 0.3) is 5.91 Å². The molecule has 2 atom stereocenters. The molecule has 1 saturated heterocycles. The fourth-order valence-electron chi connectivity index (χ4n) is 2.48. The summed E-state index contributed by atoms with van der Waals surface area (Å²) in [6, 6.07) is 6.54. The number of nitrogens with two attached hydrogens (primary N) is 1. The van der Waals surface area contributed by atoms with Crippen LogP contribution in [0.25, 0.3) is 0 Å². The van der Waals surface area contributed by atoms with Crippen LogP contribution >= 0.6 is 0 Å². The summed E-state index contributed by atoms with van der Waals surface area (Å²) in [5.41, 5.74) is 3.03. The normalized spacial score (nSPS) is 22.2. The van der Waals surface area contributed by atoms with E-state index in [1.807, 2.05) is 13.1 Å². The van der Waals surface area contributed by atoms with Crippen molar-refractivity contribution >= 4 is 5.91 Å². The Balaban J connectivity index is 1.81. The molecule has 1 fully saturated rings. The molecular weight excluding hydrogens is 261 g/mol. The standard InChI is InChI=1S/C14H20FN3O2/c1-18(8-10-3-2-4-11(15)7-10)9-12-5-6-13(20-12)14(19)17-16/h2-4,7,12-13H,5-6,8-9,16H2,1H3,(H,17,19). The third-order valence-corrected chi connectivity index (χ3v) is 3.40. The van der Waals surface area contributed by atoms with Gasteiger partial charge >= 0.3 is 0 Å². The van der Waals surface area contributed by atoms with Gasteiger partial charge in [-0.3, -0.25) is 15.1 Å². The molecule has 0 spiro atoms. The Hall–Kier alpha value is -1.50. The number of benzene rings is 1. The molecule has 5 nitrogen and oxygen atoms in total. The first-order valence-corrected chi connectivity index (χ1v) is 6.67. The van der Waals surface area contributed by atoms with Gasteiger partial charge in [0.05, 0.1) is 6.10 Å². The highest BCUT2D eigenvalue weighted by molar-refractivity contribution is 5.80. The zero-order valence-electron chi connectivity index (χ0n) is 11.5. The zero-order valence-corrected chi connectivity index (χ0v) is 11.5. The number of likely N-dealkylation sites (N-methyl/N-ethyl adjacent to an activating group) is 1. The van der Waals surface area contributed by atoms with Gasteiger partial charge in [-0.2, -0.15) is 0 Å². The Morgan fingerprint density at radius 1 is 1.55 bits per heavy atom. The molecule has 1 aromatic carbocycles. The first kappa shape index (κ1) is 14.9. The molecule has 0 saturated carbocycles. The summed E-state index contributed by atoms with van der Waals surface area (Å²) in [6.45, 7) is 1.34. The van der Waals surface area contributed by atoms with E-state index in [9.17, 15) is 9.18 Å². The van der Waals surface area contributed by atoms with Crippen molar-refractivity contribution in [1.29, 1.82) is 0 Å². The molecule has 1 amide bonds. The first-order valence-electron chi connectivity index (χ1n) is 6.67. The number of hydrogen-bond donors (Lipinski definition) is 2. The molecule has 0 aliphatic carbocycles.